The summed E-state index contributed by atoms with van der Waals surface area (Å²) in [4.78, 5) is 38.7. The number of esters is 1. The van der Waals surface area contributed by atoms with Crippen LogP contribution in [0.4, 0.5) is 0 Å². The second-order valence-corrected chi connectivity index (χ2v) is 6.47. The molecule has 2 heterocycles. The molecule has 108 valence electrons. The molecule has 2 unspecified atom stereocenters. The Balaban J connectivity index is 2.21. The largest absolute Gasteiger partial charge is 0.468 e. The molecular formula is C14H17NO4S. The third kappa shape index (κ3) is 1.60. The fourth-order valence-electron chi connectivity index (χ4n) is 3.78. The molecule has 20 heavy (non-hydrogen) atoms. The predicted molar refractivity (Wildman–Crippen MR) is 74.0 cm³/mol. The standard InChI is InChI=1S/C14H17NO4S/c1-19-13(18)14-6-9(16)11(20-2)8-4-3-5-15(12(8)14)10(17)7-14/h11H,3-7H2,1-2H3. The Morgan fingerprint density at radius 3 is 2.80 bits per heavy atom. The summed E-state index contributed by atoms with van der Waals surface area (Å²) in [5.41, 5.74) is 0.695. The van der Waals surface area contributed by atoms with Gasteiger partial charge in [0.15, 0.2) is 5.78 Å². The molecule has 1 saturated heterocycles. The van der Waals surface area contributed by atoms with Crippen LogP contribution in [0.3, 0.4) is 0 Å². The third-order valence-corrected chi connectivity index (χ3v) is 5.52. The first kappa shape index (κ1) is 13.7. The SMILES string of the molecule is COC(=O)C12CC(=O)C(SC)C3=C1N(CCC3)C(=O)C2. The summed E-state index contributed by atoms with van der Waals surface area (Å²) in [7, 11) is 1.32. The van der Waals surface area contributed by atoms with Gasteiger partial charge in [-0.25, -0.2) is 0 Å². The van der Waals surface area contributed by atoms with Crippen molar-refractivity contribution in [1.29, 1.82) is 0 Å². The van der Waals surface area contributed by atoms with Crippen molar-refractivity contribution in [3.8, 4) is 0 Å². The highest BCUT2D eigenvalue weighted by atomic mass is 32.2. The van der Waals surface area contributed by atoms with Crippen LogP contribution in [0.1, 0.15) is 25.7 Å². The quantitative estimate of drug-likeness (QED) is 0.715. The van der Waals surface area contributed by atoms with Crippen molar-refractivity contribution in [2.45, 2.75) is 30.9 Å². The lowest BCUT2D eigenvalue weighted by Gasteiger charge is -2.40. The topological polar surface area (TPSA) is 63.7 Å². The van der Waals surface area contributed by atoms with Crippen LogP contribution in [-0.2, 0) is 19.1 Å². The number of amides is 1. The molecule has 1 fully saturated rings. The lowest BCUT2D eigenvalue weighted by Crippen LogP contribution is -2.45. The molecule has 1 aliphatic carbocycles. The number of hydrogen-bond donors (Lipinski definition) is 0. The van der Waals surface area contributed by atoms with E-state index in [4.69, 9.17) is 4.74 Å². The van der Waals surface area contributed by atoms with Crippen molar-refractivity contribution in [2.24, 2.45) is 5.41 Å². The molecule has 6 heteroatoms. The van der Waals surface area contributed by atoms with Gasteiger partial charge in [-0.3, -0.25) is 14.4 Å². The van der Waals surface area contributed by atoms with E-state index in [0.29, 0.717) is 6.54 Å². The molecular weight excluding hydrogens is 278 g/mol. The van der Waals surface area contributed by atoms with Gasteiger partial charge >= 0.3 is 5.97 Å². The third-order valence-electron chi connectivity index (χ3n) is 4.51. The Hall–Kier alpha value is -1.30. The minimum Gasteiger partial charge on any atom is -0.468 e. The average Bonchev–Trinajstić information content (AvgIpc) is 2.73. The van der Waals surface area contributed by atoms with Gasteiger partial charge < -0.3 is 9.64 Å². The van der Waals surface area contributed by atoms with Crippen molar-refractivity contribution < 1.29 is 19.1 Å². The average molecular weight is 295 g/mol. The van der Waals surface area contributed by atoms with Crippen LogP contribution < -0.4 is 0 Å². The van der Waals surface area contributed by atoms with E-state index in [0.717, 1.165) is 24.1 Å². The van der Waals surface area contributed by atoms with Gasteiger partial charge in [0.2, 0.25) is 5.91 Å². The van der Waals surface area contributed by atoms with Crippen LogP contribution in [0.5, 0.6) is 0 Å². The molecule has 1 amide bonds. The number of Topliss-reactive ketones (excluding diaryl/α,β-unsaturated/α-hetero) is 1. The van der Waals surface area contributed by atoms with Gasteiger partial charge in [-0.1, -0.05) is 0 Å². The van der Waals surface area contributed by atoms with E-state index in [1.807, 2.05) is 6.26 Å². The van der Waals surface area contributed by atoms with E-state index in [1.54, 1.807) is 4.90 Å². The van der Waals surface area contributed by atoms with Crippen molar-refractivity contribution in [3.63, 3.8) is 0 Å². The number of ether oxygens (including phenoxy) is 1. The highest BCUT2D eigenvalue weighted by Crippen LogP contribution is 2.54. The zero-order valence-corrected chi connectivity index (χ0v) is 12.4. The fourth-order valence-corrected chi connectivity index (χ4v) is 4.64. The Morgan fingerprint density at radius 2 is 2.15 bits per heavy atom. The maximum Gasteiger partial charge on any atom is 0.318 e. The van der Waals surface area contributed by atoms with Crippen LogP contribution in [-0.4, -0.2) is 47.7 Å². The molecule has 0 saturated carbocycles. The molecule has 3 aliphatic rings. The smallest absolute Gasteiger partial charge is 0.318 e. The van der Waals surface area contributed by atoms with Gasteiger partial charge in [-0.05, 0) is 24.7 Å². The maximum absolute atomic E-state index is 12.4. The summed E-state index contributed by atoms with van der Waals surface area (Å²) in [6, 6.07) is 0. The van der Waals surface area contributed by atoms with Gasteiger partial charge in [0.1, 0.15) is 5.41 Å². The van der Waals surface area contributed by atoms with Crippen LogP contribution in [0, 0.1) is 5.41 Å². The molecule has 5 nitrogen and oxygen atoms in total. The van der Waals surface area contributed by atoms with Crippen molar-refractivity contribution in [1.82, 2.24) is 4.90 Å². The van der Waals surface area contributed by atoms with E-state index < -0.39 is 11.4 Å². The molecule has 0 aromatic carbocycles. The first-order valence-electron chi connectivity index (χ1n) is 6.73. The zero-order valence-electron chi connectivity index (χ0n) is 11.6. The molecule has 0 N–H and O–H groups in total. The summed E-state index contributed by atoms with van der Waals surface area (Å²) in [6.45, 7) is 0.645. The minimum absolute atomic E-state index is 0.0400. The molecule has 2 aliphatic heterocycles. The first-order chi connectivity index (χ1) is 9.55. The Bertz CT molecular complexity index is 541. The zero-order chi connectivity index (χ0) is 14.5. The van der Waals surface area contributed by atoms with Gasteiger partial charge in [0.05, 0.1) is 12.4 Å². The van der Waals surface area contributed by atoms with Crippen molar-refractivity contribution >= 4 is 29.4 Å². The lowest BCUT2D eigenvalue weighted by atomic mass is 9.71. The first-order valence-corrected chi connectivity index (χ1v) is 8.02. The van der Waals surface area contributed by atoms with Gasteiger partial charge in [-0.2, -0.15) is 0 Å². The number of carbonyl (C=O) groups excluding carboxylic acids is 3. The van der Waals surface area contributed by atoms with Crippen molar-refractivity contribution in [2.75, 3.05) is 19.9 Å². The fraction of sp³-hybridized carbons (Fsp3) is 0.643. The van der Waals surface area contributed by atoms with E-state index in [2.05, 4.69) is 0 Å². The summed E-state index contributed by atoms with van der Waals surface area (Å²) >= 11 is 1.49. The number of rotatable bonds is 2. The van der Waals surface area contributed by atoms with Crippen LogP contribution in [0.25, 0.3) is 0 Å². The summed E-state index contributed by atoms with van der Waals surface area (Å²) in [6.07, 6.45) is 3.70. The number of carbonyl (C=O) groups is 3. The second-order valence-electron chi connectivity index (χ2n) is 5.53. The lowest BCUT2D eigenvalue weighted by molar-refractivity contribution is -0.153. The monoisotopic (exact) mass is 295 g/mol. The minimum atomic E-state index is -1.05. The van der Waals surface area contributed by atoms with Crippen LogP contribution >= 0.6 is 11.8 Å². The molecule has 3 rings (SSSR count). The van der Waals surface area contributed by atoms with Crippen LogP contribution in [0.2, 0.25) is 0 Å². The van der Waals surface area contributed by atoms with Crippen molar-refractivity contribution in [3.05, 3.63) is 11.3 Å². The maximum atomic E-state index is 12.4. The van der Waals surface area contributed by atoms with Gasteiger partial charge in [0.25, 0.3) is 0 Å². The number of hydrogen-bond acceptors (Lipinski definition) is 5. The Kier molecular flexibility index (Phi) is 3.16. The van der Waals surface area contributed by atoms with Crippen LogP contribution in [0.15, 0.2) is 11.3 Å². The van der Waals surface area contributed by atoms with E-state index in [-0.39, 0.29) is 29.8 Å². The van der Waals surface area contributed by atoms with Gasteiger partial charge in [-0.15, -0.1) is 11.8 Å². The molecule has 2 atom stereocenters. The number of thioether (sulfide) groups is 1. The second kappa shape index (κ2) is 4.62. The normalized spacial score (nSPS) is 32.5. The molecule has 0 radical (unpaired) electrons. The number of methoxy groups -OCH3 is 1. The Morgan fingerprint density at radius 1 is 1.40 bits per heavy atom. The summed E-state index contributed by atoms with van der Waals surface area (Å²) in [5.74, 6) is -0.467. The number of ketones is 1. The summed E-state index contributed by atoms with van der Waals surface area (Å²) < 4.78 is 4.91. The summed E-state index contributed by atoms with van der Waals surface area (Å²) in [5, 5.41) is -0.212. The van der Waals surface area contributed by atoms with E-state index in [1.165, 1.54) is 18.9 Å². The highest BCUT2D eigenvalue weighted by molar-refractivity contribution is 8.00. The number of nitrogens with zero attached hydrogens (tertiary/aromatic N) is 1. The molecule has 0 aromatic heterocycles. The molecule has 0 aromatic rings. The van der Waals surface area contributed by atoms with E-state index >= 15 is 0 Å². The molecule has 0 spiro atoms. The molecule has 0 bridgehead atoms. The highest BCUT2D eigenvalue weighted by Gasteiger charge is 2.60. The predicted octanol–water partition coefficient (Wildman–Crippen LogP) is 1.13. The Labute approximate surface area is 121 Å². The van der Waals surface area contributed by atoms with E-state index in [9.17, 15) is 14.4 Å². The van der Waals surface area contributed by atoms with Gasteiger partial charge in [0, 0.05) is 25.1 Å².